The van der Waals surface area contributed by atoms with E-state index in [4.69, 9.17) is 5.11 Å². The van der Waals surface area contributed by atoms with Crippen LogP contribution >= 0.6 is 11.8 Å². The largest absolute Gasteiger partial charge is 0.480 e. The monoisotopic (exact) mass is 302 g/mol. The van der Waals surface area contributed by atoms with E-state index in [-0.39, 0.29) is 16.3 Å². The Labute approximate surface area is 117 Å². The van der Waals surface area contributed by atoms with Crippen LogP contribution in [0, 0.1) is 15.9 Å². The molecule has 0 aliphatic rings. The second kappa shape index (κ2) is 6.85. The molecule has 7 nitrogen and oxygen atoms in total. The Morgan fingerprint density at radius 1 is 1.55 bits per heavy atom. The number of hydrogen-bond donors (Lipinski definition) is 2. The molecule has 108 valence electrons. The molecular formula is C11H11FN2O5S. The van der Waals surface area contributed by atoms with Gasteiger partial charge in [-0.1, -0.05) is 0 Å². The fraction of sp³-hybridized carbons (Fsp3) is 0.273. The molecular weight excluding hydrogens is 291 g/mol. The van der Waals surface area contributed by atoms with Gasteiger partial charge in [-0.2, -0.15) is 0 Å². The first-order valence-electron chi connectivity index (χ1n) is 5.38. The smallest absolute Gasteiger partial charge is 0.327 e. The molecule has 0 saturated carbocycles. The van der Waals surface area contributed by atoms with Crippen molar-refractivity contribution in [3.63, 3.8) is 0 Å². The zero-order valence-corrected chi connectivity index (χ0v) is 11.1. The Morgan fingerprint density at radius 2 is 2.20 bits per heavy atom. The molecule has 0 aliphatic carbocycles. The van der Waals surface area contributed by atoms with E-state index >= 15 is 0 Å². The van der Waals surface area contributed by atoms with Crippen LogP contribution in [-0.4, -0.2) is 33.7 Å². The number of benzene rings is 1. The number of amides is 1. The van der Waals surface area contributed by atoms with Crippen molar-refractivity contribution < 1.29 is 24.0 Å². The van der Waals surface area contributed by atoms with E-state index in [1.807, 2.05) is 0 Å². The molecule has 0 aromatic heterocycles. The summed E-state index contributed by atoms with van der Waals surface area (Å²) in [6, 6.07) is 1.92. The maximum absolute atomic E-state index is 13.6. The van der Waals surface area contributed by atoms with Crippen LogP contribution in [0.25, 0.3) is 0 Å². The number of non-ortho nitro benzene ring substituents is 1. The number of rotatable bonds is 6. The topological polar surface area (TPSA) is 110 Å². The number of nitro groups is 1. The number of nitrogens with one attached hydrogen (secondary N) is 1. The van der Waals surface area contributed by atoms with Gasteiger partial charge in [-0.3, -0.25) is 14.9 Å². The number of nitro benzene ring substituents is 1. The van der Waals surface area contributed by atoms with Crippen molar-refractivity contribution in [1.29, 1.82) is 0 Å². The fourth-order valence-electron chi connectivity index (χ4n) is 1.31. The zero-order valence-electron chi connectivity index (χ0n) is 10.3. The summed E-state index contributed by atoms with van der Waals surface area (Å²) < 4.78 is 13.6. The predicted octanol–water partition coefficient (Wildman–Crippen LogP) is 1.42. The van der Waals surface area contributed by atoms with Crippen molar-refractivity contribution >= 4 is 29.3 Å². The highest BCUT2D eigenvalue weighted by atomic mass is 32.2. The number of nitrogens with zero attached hydrogens (tertiary/aromatic N) is 1. The number of carboxylic acid groups (broad SMARTS) is 1. The number of carboxylic acids is 1. The maximum atomic E-state index is 13.6. The van der Waals surface area contributed by atoms with Crippen LogP contribution in [0.3, 0.4) is 0 Å². The number of halogens is 1. The SMILES string of the molecule is CC(=O)N[C@@H](CSc1ccc([N+](=O)[O-])cc1F)C(=O)O. The third-order valence-corrected chi connectivity index (χ3v) is 3.35. The summed E-state index contributed by atoms with van der Waals surface area (Å²) >= 11 is 0.853. The number of aliphatic carboxylic acids is 1. The average Bonchev–Trinajstić information content (AvgIpc) is 2.34. The third-order valence-electron chi connectivity index (χ3n) is 2.21. The second-order valence-corrected chi connectivity index (χ2v) is 4.84. The summed E-state index contributed by atoms with van der Waals surface area (Å²) in [5, 5.41) is 21.5. The summed E-state index contributed by atoms with van der Waals surface area (Å²) in [7, 11) is 0. The highest BCUT2D eigenvalue weighted by Crippen LogP contribution is 2.25. The molecule has 0 fully saturated rings. The standard InChI is InChI=1S/C11H11FN2O5S/c1-6(15)13-9(11(16)17)5-20-10-3-2-7(14(18)19)4-8(10)12/h2-4,9H,5H2,1H3,(H,13,15)(H,16,17)/t9-/m0/s1. The first-order valence-corrected chi connectivity index (χ1v) is 6.36. The van der Waals surface area contributed by atoms with Crippen LogP contribution in [0.1, 0.15) is 6.92 Å². The molecule has 9 heteroatoms. The van der Waals surface area contributed by atoms with E-state index in [1.165, 1.54) is 13.0 Å². The average molecular weight is 302 g/mol. The quantitative estimate of drug-likeness (QED) is 0.467. The molecule has 1 amide bonds. The van der Waals surface area contributed by atoms with Crippen molar-refractivity contribution in [2.45, 2.75) is 17.9 Å². The Kier molecular flexibility index (Phi) is 5.44. The van der Waals surface area contributed by atoms with Crippen molar-refractivity contribution in [2.24, 2.45) is 0 Å². The molecule has 1 aromatic carbocycles. The van der Waals surface area contributed by atoms with Crippen molar-refractivity contribution in [3.05, 3.63) is 34.1 Å². The van der Waals surface area contributed by atoms with Gasteiger partial charge in [0, 0.05) is 23.6 Å². The molecule has 0 unspecified atom stereocenters. The first kappa shape index (κ1) is 15.9. The normalized spacial score (nSPS) is 11.7. The number of carbonyl (C=O) groups excluding carboxylic acids is 1. The molecule has 2 N–H and O–H groups in total. The molecule has 0 bridgehead atoms. The van der Waals surface area contributed by atoms with Crippen molar-refractivity contribution in [2.75, 3.05) is 5.75 Å². The lowest BCUT2D eigenvalue weighted by Crippen LogP contribution is -2.41. The Bertz CT molecular complexity index is 552. The van der Waals surface area contributed by atoms with Gasteiger partial charge in [-0.25, -0.2) is 9.18 Å². The fourth-order valence-corrected chi connectivity index (χ4v) is 2.25. The second-order valence-electron chi connectivity index (χ2n) is 3.77. The van der Waals surface area contributed by atoms with Gasteiger partial charge in [0.2, 0.25) is 5.91 Å². The van der Waals surface area contributed by atoms with Gasteiger partial charge in [0.25, 0.3) is 5.69 Å². The highest BCUT2D eigenvalue weighted by Gasteiger charge is 2.20. The summed E-state index contributed by atoms with van der Waals surface area (Å²) in [5.74, 6) is -2.66. The van der Waals surface area contributed by atoms with Gasteiger partial charge >= 0.3 is 5.97 Å². The van der Waals surface area contributed by atoms with Crippen molar-refractivity contribution in [3.8, 4) is 0 Å². The van der Waals surface area contributed by atoms with Gasteiger partial charge < -0.3 is 10.4 Å². The molecule has 0 aliphatic heterocycles. The summed E-state index contributed by atoms with van der Waals surface area (Å²) in [5.41, 5.74) is -0.386. The molecule has 1 rings (SSSR count). The van der Waals surface area contributed by atoms with Crippen LogP contribution in [0.15, 0.2) is 23.1 Å². The first-order chi connectivity index (χ1) is 9.31. The van der Waals surface area contributed by atoms with Gasteiger partial charge in [0.15, 0.2) is 0 Å². The zero-order chi connectivity index (χ0) is 15.3. The van der Waals surface area contributed by atoms with Crippen LogP contribution < -0.4 is 5.32 Å². The van der Waals surface area contributed by atoms with Crippen molar-refractivity contribution in [1.82, 2.24) is 5.32 Å². The summed E-state index contributed by atoms with van der Waals surface area (Å²) in [4.78, 5) is 31.5. The van der Waals surface area contributed by atoms with Crippen LogP contribution in [-0.2, 0) is 9.59 Å². The minimum absolute atomic E-state index is 0.0761. The Balaban J connectivity index is 2.75. The molecule has 0 saturated heterocycles. The molecule has 1 aromatic rings. The third kappa shape index (κ3) is 4.50. The summed E-state index contributed by atoms with van der Waals surface area (Å²) in [6.45, 7) is 1.17. The maximum Gasteiger partial charge on any atom is 0.327 e. The molecule has 0 spiro atoms. The Hall–Kier alpha value is -2.16. The van der Waals surface area contributed by atoms with Gasteiger partial charge in [-0.15, -0.1) is 11.8 Å². The predicted molar refractivity (Wildman–Crippen MR) is 69.0 cm³/mol. The van der Waals surface area contributed by atoms with E-state index in [1.54, 1.807) is 0 Å². The molecule has 0 radical (unpaired) electrons. The molecule has 0 heterocycles. The summed E-state index contributed by atoms with van der Waals surface area (Å²) in [6.07, 6.45) is 0. The number of hydrogen-bond acceptors (Lipinski definition) is 5. The van der Waals surface area contributed by atoms with Crippen LogP contribution in [0.5, 0.6) is 0 Å². The lowest BCUT2D eigenvalue weighted by atomic mass is 10.3. The van der Waals surface area contributed by atoms with E-state index in [0.29, 0.717) is 0 Å². The van der Waals surface area contributed by atoms with Crippen LogP contribution in [0.2, 0.25) is 0 Å². The van der Waals surface area contributed by atoms with E-state index < -0.39 is 28.7 Å². The minimum atomic E-state index is -1.24. The minimum Gasteiger partial charge on any atom is -0.480 e. The van der Waals surface area contributed by atoms with Gasteiger partial charge in [0.1, 0.15) is 11.9 Å². The number of carbonyl (C=O) groups is 2. The van der Waals surface area contributed by atoms with Crippen LogP contribution in [0.4, 0.5) is 10.1 Å². The Morgan fingerprint density at radius 3 is 2.65 bits per heavy atom. The molecule has 1 atom stereocenters. The highest BCUT2D eigenvalue weighted by molar-refractivity contribution is 7.99. The van der Waals surface area contributed by atoms with Gasteiger partial charge in [-0.05, 0) is 6.07 Å². The van der Waals surface area contributed by atoms with E-state index in [0.717, 1.165) is 23.9 Å². The molecule has 20 heavy (non-hydrogen) atoms. The lowest BCUT2D eigenvalue weighted by Gasteiger charge is -2.12. The van der Waals surface area contributed by atoms with E-state index in [2.05, 4.69) is 5.32 Å². The van der Waals surface area contributed by atoms with E-state index in [9.17, 15) is 24.1 Å². The lowest BCUT2D eigenvalue weighted by molar-refractivity contribution is -0.385. The van der Waals surface area contributed by atoms with Gasteiger partial charge in [0.05, 0.1) is 11.0 Å². The number of thioether (sulfide) groups is 1.